The second kappa shape index (κ2) is 4.73. The van der Waals surface area contributed by atoms with Gasteiger partial charge in [0, 0.05) is 19.0 Å². The summed E-state index contributed by atoms with van der Waals surface area (Å²) in [5.74, 6) is 1.65. The summed E-state index contributed by atoms with van der Waals surface area (Å²) in [6.45, 7) is 1.90. The summed E-state index contributed by atoms with van der Waals surface area (Å²) >= 11 is 0. The molecule has 21 heavy (non-hydrogen) atoms. The van der Waals surface area contributed by atoms with E-state index < -0.39 is 0 Å². The molecule has 1 saturated heterocycles. The number of nitrogen functional groups attached to an aromatic ring is 1. The van der Waals surface area contributed by atoms with Gasteiger partial charge in [0.1, 0.15) is 5.52 Å². The molecule has 1 aliphatic rings. The SMILES string of the molecule is Nc1nc(N2CCC(c3ccccc3)C2)c2[nH]cnc2n1. The zero-order valence-corrected chi connectivity index (χ0v) is 11.5. The normalized spacial score (nSPS) is 18.5. The first-order valence-electron chi connectivity index (χ1n) is 7.08. The molecule has 1 unspecified atom stereocenters. The third-order valence-corrected chi connectivity index (χ3v) is 4.04. The summed E-state index contributed by atoms with van der Waals surface area (Å²) in [4.78, 5) is 18.1. The van der Waals surface area contributed by atoms with Crippen molar-refractivity contribution in [3.63, 3.8) is 0 Å². The predicted molar refractivity (Wildman–Crippen MR) is 82.1 cm³/mol. The Morgan fingerprint density at radius 1 is 1.19 bits per heavy atom. The Kier molecular flexibility index (Phi) is 2.73. The van der Waals surface area contributed by atoms with Crippen LogP contribution in [0.5, 0.6) is 0 Å². The molecule has 6 heteroatoms. The van der Waals surface area contributed by atoms with Crippen LogP contribution in [0.1, 0.15) is 17.9 Å². The summed E-state index contributed by atoms with van der Waals surface area (Å²) < 4.78 is 0. The van der Waals surface area contributed by atoms with Crippen molar-refractivity contribution in [2.45, 2.75) is 12.3 Å². The molecular weight excluding hydrogens is 264 g/mol. The van der Waals surface area contributed by atoms with Gasteiger partial charge in [-0.1, -0.05) is 30.3 Å². The number of nitrogens with zero attached hydrogens (tertiary/aromatic N) is 4. The van der Waals surface area contributed by atoms with Crippen LogP contribution in [0.3, 0.4) is 0 Å². The van der Waals surface area contributed by atoms with Crippen LogP contribution in [-0.4, -0.2) is 33.0 Å². The minimum atomic E-state index is 0.271. The molecule has 4 rings (SSSR count). The summed E-state index contributed by atoms with van der Waals surface area (Å²) in [6.07, 6.45) is 2.75. The lowest BCUT2D eigenvalue weighted by Crippen LogP contribution is -2.21. The van der Waals surface area contributed by atoms with Gasteiger partial charge in [-0.15, -0.1) is 0 Å². The number of benzene rings is 1. The summed E-state index contributed by atoms with van der Waals surface area (Å²) in [6, 6.07) is 10.6. The van der Waals surface area contributed by atoms with Crippen molar-refractivity contribution in [3.05, 3.63) is 42.2 Å². The van der Waals surface area contributed by atoms with Crippen molar-refractivity contribution in [1.82, 2.24) is 19.9 Å². The Morgan fingerprint density at radius 2 is 2.05 bits per heavy atom. The molecule has 0 amide bonds. The molecule has 3 heterocycles. The van der Waals surface area contributed by atoms with Crippen molar-refractivity contribution in [2.75, 3.05) is 23.7 Å². The van der Waals surface area contributed by atoms with Crippen LogP contribution in [0.4, 0.5) is 11.8 Å². The van der Waals surface area contributed by atoms with Crippen molar-refractivity contribution in [2.24, 2.45) is 0 Å². The molecule has 3 N–H and O–H groups in total. The number of H-pyrrole nitrogens is 1. The molecule has 1 aromatic carbocycles. The molecule has 0 radical (unpaired) electrons. The maximum Gasteiger partial charge on any atom is 0.224 e. The summed E-state index contributed by atoms with van der Waals surface area (Å²) in [5, 5.41) is 0. The fourth-order valence-electron chi connectivity index (χ4n) is 3.01. The fraction of sp³-hybridized carbons (Fsp3) is 0.267. The Morgan fingerprint density at radius 3 is 2.90 bits per heavy atom. The highest BCUT2D eigenvalue weighted by molar-refractivity contribution is 5.84. The molecular formula is C15H16N6. The number of anilines is 2. The molecule has 0 aliphatic carbocycles. The van der Waals surface area contributed by atoms with Crippen LogP contribution in [0, 0.1) is 0 Å². The van der Waals surface area contributed by atoms with Gasteiger partial charge in [0.2, 0.25) is 5.95 Å². The maximum atomic E-state index is 5.79. The van der Waals surface area contributed by atoms with E-state index in [1.807, 2.05) is 0 Å². The molecule has 3 aromatic rings. The first-order valence-corrected chi connectivity index (χ1v) is 7.08. The van der Waals surface area contributed by atoms with Gasteiger partial charge < -0.3 is 15.6 Å². The second-order valence-corrected chi connectivity index (χ2v) is 5.35. The van der Waals surface area contributed by atoms with Crippen LogP contribution in [0.2, 0.25) is 0 Å². The number of nitrogens with one attached hydrogen (secondary N) is 1. The average molecular weight is 280 g/mol. The Balaban J connectivity index is 1.67. The van der Waals surface area contributed by atoms with Crippen molar-refractivity contribution in [1.29, 1.82) is 0 Å². The molecule has 1 atom stereocenters. The molecule has 0 spiro atoms. The van der Waals surface area contributed by atoms with Crippen molar-refractivity contribution >= 4 is 22.9 Å². The number of nitrogens with two attached hydrogens (primary N) is 1. The fourth-order valence-corrected chi connectivity index (χ4v) is 3.01. The smallest absolute Gasteiger partial charge is 0.224 e. The maximum absolute atomic E-state index is 5.79. The van der Waals surface area contributed by atoms with Crippen LogP contribution < -0.4 is 10.6 Å². The molecule has 0 saturated carbocycles. The Hall–Kier alpha value is -2.63. The van der Waals surface area contributed by atoms with Gasteiger partial charge in [0.15, 0.2) is 11.5 Å². The lowest BCUT2D eigenvalue weighted by Gasteiger charge is -2.18. The first-order chi connectivity index (χ1) is 10.3. The van der Waals surface area contributed by atoms with E-state index in [1.54, 1.807) is 6.33 Å². The van der Waals surface area contributed by atoms with E-state index in [0.29, 0.717) is 11.6 Å². The highest BCUT2D eigenvalue weighted by Crippen LogP contribution is 2.32. The lowest BCUT2D eigenvalue weighted by atomic mass is 9.99. The molecule has 106 valence electrons. The monoisotopic (exact) mass is 280 g/mol. The van der Waals surface area contributed by atoms with Gasteiger partial charge in [-0.2, -0.15) is 9.97 Å². The van der Waals surface area contributed by atoms with Crippen LogP contribution in [0.25, 0.3) is 11.2 Å². The van der Waals surface area contributed by atoms with Gasteiger partial charge in [-0.3, -0.25) is 0 Å². The highest BCUT2D eigenvalue weighted by Gasteiger charge is 2.26. The summed E-state index contributed by atoms with van der Waals surface area (Å²) in [5.41, 5.74) is 8.66. The largest absolute Gasteiger partial charge is 0.368 e. The van der Waals surface area contributed by atoms with Crippen LogP contribution in [-0.2, 0) is 0 Å². The van der Waals surface area contributed by atoms with E-state index in [-0.39, 0.29) is 5.95 Å². The van der Waals surface area contributed by atoms with Gasteiger partial charge in [0.25, 0.3) is 0 Å². The molecule has 1 fully saturated rings. The van der Waals surface area contributed by atoms with Gasteiger partial charge in [-0.25, -0.2) is 4.98 Å². The van der Waals surface area contributed by atoms with E-state index in [2.05, 4.69) is 55.2 Å². The van der Waals surface area contributed by atoms with Gasteiger partial charge in [0.05, 0.1) is 6.33 Å². The molecule has 1 aliphatic heterocycles. The van der Waals surface area contributed by atoms with Gasteiger partial charge in [-0.05, 0) is 12.0 Å². The highest BCUT2D eigenvalue weighted by atomic mass is 15.2. The number of aromatic amines is 1. The average Bonchev–Trinajstić information content (AvgIpc) is 3.16. The molecule has 2 aromatic heterocycles. The third-order valence-electron chi connectivity index (χ3n) is 4.04. The second-order valence-electron chi connectivity index (χ2n) is 5.35. The number of fused-ring (bicyclic) bond motifs is 1. The van der Waals surface area contributed by atoms with E-state index in [9.17, 15) is 0 Å². The molecule has 0 bridgehead atoms. The van der Waals surface area contributed by atoms with Gasteiger partial charge >= 0.3 is 0 Å². The predicted octanol–water partition coefficient (Wildman–Crippen LogP) is 1.93. The minimum Gasteiger partial charge on any atom is -0.368 e. The van der Waals surface area contributed by atoms with E-state index in [1.165, 1.54) is 5.56 Å². The van der Waals surface area contributed by atoms with E-state index in [0.717, 1.165) is 30.8 Å². The number of hydrogen-bond donors (Lipinski definition) is 2. The van der Waals surface area contributed by atoms with E-state index >= 15 is 0 Å². The van der Waals surface area contributed by atoms with E-state index in [4.69, 9.17) is 5.73 Å². The quantitative estimate of drug-likeness (QED) is 0.749. The topological polar surface area (TPSA) is 83.7 Å². The first kappa shape index (κ1) is 12.1. The zero-order valence-electron chi connectivity index (χ0n) is 11.5. The van der Waals surface area contributed by atoms with Crippen LogP contribution >= 0.6 is 0 Å². The standard InChI is InChI=1S/C15H16N6/c16-15-19-13-12(17-9-18-13)14(20-15)21-7-6-11(8-21)10-4-2-1-3-5-10/h1-5,9,11H,6-8H2,(H3,16,17,18,19,20). The molecule has 6 nitrogen and oxygen atoms in total. The van der Waals surface area contributed by atoms with Crippen molar-refractivity contribution in [3.8, 4) is 0 Å². The summed E-state index contributed by atoms with van der Waals surface area (Å²) in [7, 11) is 0. The number of aromatic nitrogens is 4. The third kappa shape index (κ3) is 2.08. The van der Waals surface area contributed by atoms with Crippen LogP contribution in [0.15, 0.2) is 36.7 Å². The number of imidazole rings is 1. The Labute approximate surface area is 122 Å². The van der Waals surface area contributed by atoms with Crippen molar-refractivity contribution < 1.29 is 0 Å². The zero-order chi connectivity index (χ0) is 14.2. The minimum absolute atomic E-state index is 0.271. The lowest BCUT2D eigenvalue weighted by molar-refractivity contribution is 0.774. The Bertz CT molecular complexity index is 766. The number of rotatable bonds is 2. The number of hydrogen-bond acceptors (Lipinski definition) is 5.